The van der Waals surface area contributed by atoms with Crippen molar-refractivity contribution in [3.05, 3.63) is 22.8 Å². The van der Waals surface area contributed by atoms with Crippen LogP contribution in [-0.4, -0.2) is 18.6 Å². The van der Waals surface area contributed by atoms with Crippen molar-refractivity contribution in [2.45, 2.75) is 25.8 Å². The number of ether oxygens (including phenoxy) is 2. The Labute approximate surface area is 93.3 Å². The van der Waals surface area contributed by atoms with E-state index in [1.165, 1.54) is 0 Å². The molecule has 0 radical (unpaired) electrons. The second-order valence-corrected chi connectivity index (χ2v) is 4.21. The van der Waals surface area contributed by atoms with E-state index < -0.39 is 0 Å². The molecule has 0 spiro atoms. The van der Waals surface area contributed by atoms with Gasteiger partial charge in [-0.3, -0.25) is 0 Å². The van der Waals surface area contributed by atoms with Gasteiger partial charge in [-0.25, -0.2) is 4.79 Å². The number of hydrogen-bond acceptors (Lipinski definition) is 4. The van der Waals surface area contributed by atoms with Crippen molar-refractivity contribution in [1.82, 2.24) is 0 Å². The molecule has 0 saturated heterocycles. The molecular formula is C12H13NO3. The Hall–Kier alpha value is -1.55. The molecule has 2 N–H and O–H groups in total. The van der Waals surface area contributed by atoms with Crippen LogP contribution in [0.25, 0.3) is 0 Å². The van der Waals surface area contributed by atoms with Gasteiger partial charge in [-0.2, -0.15) is 0 Å². The van der Waals surface area contributed by atoms with E-state index >= 15 is 0 Å². The molecule has 4 heteroatoms. The van der Waals surface area contributed by atoms with E-state index in [0.29, 0.717) is 23.7 Å². The van der Waals surface area contributed by atoms with Gasteiger partial charge in [-0.05, 0) is 31.4 Å². The molecule has 1 unspecified atom stereocenters. The quantitative estimate of drug-likeness (QED) is 0.755. The van der Waals surface area contributed by atoms with Crippen LogP contribution in [0.2, 0.25) is 0 Å². The maximum absolute atomic E-state index is 11.4. The maximum Gasteiger partial charge on any atom is 0.351 e. The smallest absolute Gasteiger partial charge is 0.351 e. The third kappa shape index (κ3) is 1.16. The number of carbonyl (C=O) groups excluding carboxylic acids is 1. The van der Waals surface area contributed by atoms with Crippen LogP contribution < -0.4 is 15.2 Å². The van der Waals surface area contributed by atoms with E-state index in [2.05, 4.69) is 0 Å². The summed E-state index contributed by atoms with van der Waals surface area (Å²) in [5.41, 5.74) is 8.76. The molecule has 3 rings (SSSR count). The van der Waals surface area contributed by atoms with Gasteiger partial charge in [0.05, 0.1) is 6.61 Å². The second-order valence-electron chi connectivity index (χ2n) is 4.21. The van der Waals surface area contributed by atoms with Gasteiger partial charge in [-0.1, -0.05) is 0 Å². The van der Waals surface area contributed by atoms with Crippen molar-refractivity contribution in [1.29, 1.82) is 0 Å². The summed E-state index contributed by atoms with van der Waals surface area (Å²) in [7, 11) is 0. The van der Waals surface area contributed by atoms with Crippen molar-refractivity contribution < 1.29 is 14.3 Å². The monoisotopic (exact) mass is 219 g/mol. The first kappa shape index (κ1) is 9.66. The van der Waals surface area contributed by atoms with E-state index in [0.717, 1.165) is 24.0 Å². The highest BCUT2D eigenvalue weighted by Crippen LogP contribution is 2.44. The van der Waals surface area contributed by atoms with Gasteiger partial charge in [0.2, 0.25) is 0 Å². The fourth-order valence-electron chi connectivity index (χ4n) is 2.43. The first-order valence-electron chi connectivity index (χ1n) is 5.50. The molecule has 2 aliphatic rings. The molecule has 4 nitrogen and oxygen atoms in total. The summed E-state index contributed by atoms with van der Waals surface area (Å²) >= 11 is 0. The molecule has 1 heterocycles. The van der Waals surface area contributed by atoms with E-state index in [-0.39, 0.29) is 12.0 Å². The van der Waals surface area contributed by atoms with Crippen LogP contribution in [0.4, 0.5) is 0 Å². The molecule has 0 amide bonds. The van der Waals surface area contributed by atoms with Crippen molar-refractivity contribution in [3.8, 4) is 11.5 Å². The first-order valence-corrected chi connectivity index (χ1v) is 5.50. The van der Waals surface area contributed by atoms with Crippen LogP contribution in [0.1, 0.15) is 28.4 Å². The summed E-state index contributed by atoms with van der Waals surface area (Å²) in [6.45, 7) is 2.45. The van der Waals surface area contributed by atoms with E-state index in [1.54, 1.807) is 0 Å². The zero-order valence-corrected chi connectivity index (χ0v) is 9.08. The zero-order valence-electron chi connectivity index (χ0n) is 9.08. The second kappa shape index (κ2) is 3.22. The van der Waals surface area contributed by atoms with Crippen molar-refractivity contribution in [2.75, 3.05) is 6.61 Å². The van der Waals surface area contributed by atoms with Gasteiger partial charge >= 0.3 is 5.97 Å². The normalized spacial score (nSPS) is 20.9. The molecule has 0 bridgehead atoms. The number of carbonyl (C=O) groups is 1. The Morgan fingerprint density at radius 1 is 1.56 bits per heavy atom. The summed E-state index contributed by atoms with van der Waals surface area (Å²) < 4.78 is 10.5. The van der Waals surface area contributed by atoms with Gasteiger partial charge in [0.25, 0.3) is 0 Å². The van der Waals surface area contributed by atoms with Crippen molar-refractivity contribution in [2.24, 2.45) is 5.73 Å². The van der Waals surface area contributed by atoms with Crippen LogP contribution in [0.15, 0.2) is 6.07 Å². The van der Waals surface area contributed by atoms with E-state index in [1.807, 2.05) is 13.0 Å². The number of rotatable bonds is 2. The largest absolute Gasteiger partial charge is 0.493 e. The molecule has 1 aromatic rings. The number of hydrogen-bond donors (Lipinski definition) is 1. The summed E-state index contributed by atoms with van der Waals surface area (Å²) in [6, 6.07) is 2.05. The third-order valence-electron chi connectivity index (χ3n) is 3.08. The topological polar surface area (TPSA) is 61.5 Å². The Balaban J connectivity index is 2.16. The Bertz CT molecular complexity index is 482. The summed E-state index contributed by atoms with van der Waals surface area (Å²) in [4.78, 5) is 11.4. The highest BCUT2D eigenvalue weighted by Gasteiger charge is 2.36. The molecule has 1 aromatic carbocycles. The Kier molecular flexibility index (Phi) is 1.94. The van der Waals surface area contributed by atoms with Gasteiger partial charge < -0.3 is 15.2 Å². The predicted octanol–water partition coefficient (Wildman–Crippen LogP) is 1.04. The lowest BCUT2D eigenvalue weighted by Gasteiger charge is -2.23. The van der Waals surface area contributed by atoms with Gasteiger partial charge in [0.1, 0.15) is 17.1 Å². The number of fused-ring (bicyclic) bond motifs is 2. The molecule has 1 aliphatic heterocycles. The van der Waals surface area contributed by atoms with Crippen molar-refractivity contribution >= 4 is 5.97 Å². The van der Waals surface area contributed by atoms with Crippen LogP contribution in [0.3, 0.4) is 0 Å². The molecular weight excluding hydrogens is 206 g/mol. The Morgan fingerprint density at radius 2 is 2.38 bits per heavy atom. The molecule has 84 valence electrons. The summed E-state index contributed by atoms with van der Waals surface area (Å²) in [6.07, 6.45) is 1.62. The molecule has 0 saturated carbocycles. The molecule has 0 aromatic heterocycles. The lowest BCUT2D eigenvalue weighted by molar-refractivity contribution is 0.0650. The molecule has 1 aliphatic carbocycles. The summed E-state index contributed by atoms with van der Waals surface area (Å²) in [5, 5.41) is 0. The average molecular weight is 219 g/mol. The van der Waals surface area contributed by atoms with Gasteiger partial charge in [-0.15, -0.1) is 0 Å². The van der Waals surface area contributed by atoms with E-state index in [9.17, 15) is 4.79 Å². The Morgan fingerprint density at radius 3 is 3.06 bits per heavy atom. The zero-order chi connectivity index (χ0) is 11.3. The first-order chi connectivity index (χ1) is 7.70. The van der Waals surface area contributed by atoms with Crippen LogP contribution >= 0.6 is 0 Å². The van der Waals surface area contributed by atoms with Gasteiger partial charge in [0.15, 0.2) is 0 Å². The minimum atomic E-state index is -0.290. The highest BCUT2D eigenvalue weighted by molar-refractivity contribution is 6.04. The van der Waals surface area contributed by atoms with Crippen molar-refractivity contribution in [3.63, 3.8) is 0 Å². The SMILES string of the molecule is CCOc1c2c(cc3c1C(=O)O3)CC(N)C2. The van der Waals surface area contributed by atoms with Crippen LogP contribution in [0, 0.1) is 0 Å². The fraction of sp³-hybridized carbons (Fsp3) is 0.417. The lowest BCUT2D eigenvalue weighted by atomic mass is 10.0. The number of esters is 1. The predicted molar refractivity (Wildman–Crippen MR) is 58.0 cm³/mol. The highest BCUT2D eigenvalue weighted by atomic mass is 16.6. The molecule has 0 fully saturated rings. The fourth-order valence-corrected chi connectivity index (χ4v) is 2.43. The maximum atomic E-state index is 11.4. The third-order valence-corrected chi connectivity index (χ3v) is 3.08. The standard InChI is InChI=1S/C12H13NO3/c1-2-15-11-8-5-7(13)3-6(8)4-9-10(11)12(14)16-9/h4,7H,2-3,5,13H2,1H3. The van der Waals surface area contributed by atoms with Crippen LogP contribution in [-0.2, 0) is 12.8 Å². The minimum Gasteiger partial charge on any atom is -0.493 e. The van der Waals surface area contributed by atoms with Gasteiger partial charge in [0, 0.05) is 11.6 Å². The number of benzene rings is 1. The molecule has 1 atom stereocenters. The molecule has 16 heavy (non-hydrogen) atoms. The lowest BCUT2D eigenvalue weighted by Crippen LogP contribution is -2.23. The minimum absolute atomic E-state index is 0.130. The van der Waals surface area contributed by atoms with E-state index in [4.69, 9.17) is 15.2 Å². The number of nitrogens with two attached hydrogens (primary N) is 1. The van der Waals surface area contributed by atoms with Crippen LogP contribution in [0.5, 0.6) is 11.5 Å². The summed E-state index contributed by atoms with van der Waals surface area (Å²) in [5.74, 6) is 1.04. The average Bonchev–Trinajstić information content (AvgIpc) is 2.58.